The molecule has 0 atom stereocenters. The number of nitrogens with zero attached hydrogens (tertiary/aromatic N) is 4. The second-order valence-corrected chi connectivity index (χ2v) is 6.90. The first-order valence-corrected chi connectivity index (χ1v) is 9.50. The van der Waals surface area contributed by atoms with Crippen LogP contribution in [0.1, 0.15) is 21.5 Å². The van der Waals surface area contributed by atoms with Gasteiger partial charge in [0, 0.05) is 23.7 Å². The van der Waals surface area contributed by atoms with Crippen LogP contribution in [0.5, 0.6) is 0 Å². The molecule has 0 aliphatic heterocycles. The molecule has 1 amide bonds. The molecule has 0 unspecified atom stereocenters. The number of hydrogen-bond donors (Lipinski definition) is 1. The molecule has 2 heterocycles. The largest absolute Gasteiger partial charge is 0.321 e. The molecular formula is C23H15N5O4. The molecular weight excluding hydrogens is 410 g/mol. The molecule has 0 saturated heterocycles. The van der Waals surface area contributed by atoms with Crippen molar-refractivity contribution >= 4 is 28.3 Å². The summed E-state index contributed by atoms with van der Waals surface area (Å²) in [6.07, 6.45) is 1.57. The number of hydrogen-bond acceptors (Lipinski definition) is 6. The first-order valence-electron chi connectivity index (χ1n) is 9.50. The van der Waals surface area contributed by atoms with Gasteiger partial charge in [0.05, 0.1) is 22.7 Å². The zero-order valence-electron chi connectivity index (χ0n) is 16.6. The molecule has 9 heteroatoms. The van der Waals surface area contributed by atoms with Gasteiger partial charge < -0.3 is 5.32 Å². The molecule has 4 rings (SSSR count). The van der Waals surface area contributed by atoms with Crippen molar-refractivity contribution in [3.63, 3.8) is 0 Å². The SMILES string of the molecule is N#Cc1cc([N+](=O)[O-])ccc1NC(=O)c1cc2cccnc2n(Cc2ccccc2)c1=O. The number of anilines is 1. The summed E-state index contributed by atoms with van der Waals surface area (Å²) in [6, 6.07) is 19.5. The Labute approximate surface area is 181 Å². The third-order valence-corrected chi connectivity index (χ3v) is 4.86. The van der Waals surface area contributed by atoms with Crippen molar-refractivity contribution in [2.45, 2.75) is 6.54 Å². The zero-order chi connectivity index (χ0) is 22.7. The van der Waals surface area contributed by atoms with Crippen LogP contribution in [0, 0.1) is 21.4 Å². The molecule has 2 aromatic carbocycles. The minimum Gasteiger partial charge on any atom is -0.321 e. The number of fused-ring (bicyclic) bond motifs is 1. The number of carbonyl (C=O) groups is 1. The van der Waals surface area contributed by atoms with E-state index in [1.807, 2.05) is 36.4 Å². The molecule has 1 N–H and O–H groups in total. The lowest BCUT2D eigenvalue weighted by molar-refractivity contribution is -0.384. The average molecular weight is 425 g/mol. The van der Waals surface area contributed by atoms with E-state index in [2.05, 4.69) is 10.3 Å². The van der Waals surface area contributed by atoms with E-state index in [0.29, 0.717) is 11.0 Å². The van der Waals surface area contributed by atoms with Gasteiger partial charge in [-0.05, 0) is 29.8 Å². The van der Waals surface area contributed by atoms with Crippen LogP contribution in [0.25, 0.3) is 11.0 Å². The third-order valence-electron chi connectivity index (χ3n) is 4.86. The third kappa shape index (κ3) is 3.93. The lowest BCUT2D eigenvalue weighted by Gasteiger charge is -2.13. The average Bonchev–Trinajstić information content (AvgIpc) is 2.81. The topological polar surface area (TPSA) is 131 Å². The lowest BCUT2D eigenvalue weighted by atomic mass is 10.1. The second kappa shape index (κ2) is 8.49. The highest BCUT2D eigenvalue weighted by Gasteiger charge is 2.19. The van der Waals surface area contributed by atoms with Crippen LogP contribution in [0.4, 0.5) is 11.4 Å². The van der Waals surface area contributed by atoms with Gasteiger partial charge in [-0.15, -0.1) is 0 Å². The summed E-state index contributed by atoms with van der Waals surface area (Å²) in [7, 11) is 0. The smallest absolute Gasteiger partial charge is 0.270 e. The summed E-state index contributed by atoms with van der Waals surface area (Å²) in [4.78, 5) is 40.8. The Bertz CT molecular complexity index is 1460. The predicted octanol–water partition coefficient (Wildman–Crippen LogP) is 3.48. The van der Waals surface area contributed by atoms with Gasteiger partial charge in [-0.2, -0.15) is 5.26 Å². The van der Waals surface area contributed by atoms with E-state index in [1.54, 1.807) is 18.3 Å². The maximum atomic E-state index is 13.2. The van der Waals surface area contributed by atoms with Gasteiger partial charge >= 0.3 is 0 Å². The van der Waals surface area contributed by atoms with Gasteiger partial charge in [-0.3, -0.25) is 24.3 Å². The molecule has 2 aromatic heterocycles. The number of non-ortho nitro benzene ring substituents is 1. The normalized spacial score (nSPS) is 10.5. The lowest BCUT2D eigenvalue weighted by Crippen LogP contribution is -2.30. The summed E-state index contributed by atoms with van der Waals surface area (Å²) in [5, 5.41) is 23.4. The summed E-state index contributed by atoms with van der Waals surface area (Å²) >= 11 is 0. The van der Waals surface area contributed by atoms with Gasteiger partial charge in [0.15, 0.2) is 0 Å². The highest BCUT2D eigenvalue weighted by molar-refractivity contribution is 6.06. The highest BCUT2D eigenvalue weighted by Crippen LogP contribution is 2.22. The Morgan fingerprint density at radius 2 is 1.91 bits per heavy atom. The number of benzene rings is 2. The van der Waals surface area contributed by atoms with Crippen molar-refractivity contribution in [3.05, 3.63) is 110 Å². The van der Waals surface area contributed by atoms with Crippen LogP contribution in [0.15, 0.2) is 77.7 Å². The van der Waals surface area contributed by atoms with Crippen LogP contribution < -0.4 is 10.9 Å². The molecule has 156 valence electrons. The van der Waals surface area contributed by atoms with E-state index in [-0.39, 0.29) is 29.0 Å². The Balaban J connectivity index is 1.77. The van der Waals surface area contributed by atoms with Crippen LogP contribution in [0.2, 0.25) is 0 Å². The van der Waals surface area contributed by atoms with Crippen molar-refractivity contribution in [3.8, 4) is 6.07 Å². The number of nitro groups is 1. The second-order valence-electron chi connectivity index (χ2n) is 6.90. The molecule has 0 saturated carbocycles. The molecule has 0 aliphatic rings. The fourth-order valence-electron chi connectivity index (χ4n) is 3.32. The highest BCUT2D eigenvalue weighted by atomic mass is 16.6. The monoisotopic (exact) mass is 425 g/mol. The number of nitrogens with one attached hydrogen (secondary N) is 1. The van der Waals surface area contributed by atoms with Gasteiger partial charge in [0.25, 0.3) is 17.2 Å². The summed E-state index contributed by atoms with van der Waals surface area (Å²) in [6.45, 7) is 0.218. The Morgan fingerprint density at radius 1 is 1.12 bits per heavy atom. The molecule has 0 radical (unpaired) electrons. The Morgan fingerprint density at radius 3 is 2.62 bits per heavy atom. The van der Waals surface area contributed by atoms with Crippen molar-refractivity contribution < 1.29 is 9.72 Å². The first-order chi connectivity index (χ1) is 15.5. The van der Waals surface area contributed by atoms with Crippen LogP contribution in [-0.2, 0) is 6.54 Å². The molecule has 0 aliphatic carbocycles. The predicted molar refractivity (Wildman–Crippen MR) is 117 cm³/mol. The fraction of sp³-hybridized carbons (Fsp3) is 0.0435. The minimum atomic E-state index is -0.729. The maximum absolute atomic E-state index is 13.2. The van der Waals surface area contributed by atoms with Gasteiger partial charge in [-0.1, -0.05) is 30.3 Å². The Hall–Kier alpha value is -4.84. The van der Waals surface area contributed by atoms with Crippen molar-refractivity contribution in [1.29, 1.82) is 5.26 Å². The van der Waals surface area contributed by atoms with E-state index in [0.717, 1.165) is 11.6 Å². The number of aromatic nitrogens is 2. The summed E-state index contributed by atoms with van der Waals surface area (Å²) < 4.78 is 1.42. The number of carbonyl (C=O) groups excluding carboxylic acids is 1. The van der Waals surface area contributed by atoms with Crippen LogP contribution in [0.3, 0.4) is 0 Å². The van der Waals surface area contributed by atoms with E-state index in [9.17, 15) is 25.0 Å². The van der Waals surface area contributed by atoms with Crippen molar-refractivity contribution in [1.82, 2.24) is 9.55 Å². The quantitative estimate of drug-likeness (QED) is 0.385. The molecule has 0 fully saturated rings. The fourth-order valence-corrected chi connectivity index (χ4v) is 3.32. The van der Waals surface area contributed by atoms with E-state index in [1.165, 1.54) is 22.8 Å². The molecule has 4 aromatic rings. The van der Waals surface area contributed by atoms with Crippen molar-refractivity contribution in [2.75, 3.05) is 5.32 Å². The van der Waals surface area contributed by atoms with Gasteiger partial charge in [0.1, 0.15) is 17.3 Å². The number of rotatable bonds is 5. The molecule has 32 heavy (non-hydrogen) atoms. The van der Waals surface area contributed by atoms with Crippen LogP contribution in [-0.4, -0.2) is 20.4 Å². The van der Waals surface area contributed by atoms with Crippen molar-refractivity contribution in [2.24, 2.45) is 0 Å². The summed E-state index contributed by atoms with van der Waals surface area (Å²) in [5.74, 6) is -0.729. The van der Waals surface area contributed by atoms with E-state index in [4.69, 9.17) is 0 Å². The zero-order valence-corrected chi connectivity index (χ0v) is 16.6. The number of amides is 1. The van der Waals surface area contributed by atoms with Crippen LogP contribution >= 0.6 is 0 Å². The minimum absolute atomic E-state index is 0.0726. The molecule has 9 nitrogen and oxygen atoms in total. The number of nitro benzene ring substituents is 1. The molecule has 0 spiro atoms. The maximum Gasteiger partial charge on any atom is 0.270 e. The van der Waals surface area contributed by atoms with Gasteiger partial charge in [-0.25, -0.2) is 4.98 Å². The van der Waals surface area contributed by atoms with Gasteiger partial charge in [0.2, 0.25) is 0 Å². The summed E-state index contributed by atoms with van der Waals surface area (Å²) in [5.41, 5.74) is 0.332. The van der Waals surface area contributed by atoms with E-state index >= 15 is 0 Å². The molecule has 0 bridgehead atoms. The number of pyridine rings is 2. The standard InChI is InChI=1S/C23H15N5O4/c24-13-17-11-18(28(31)32)8-9-20(17)26-22(29)19-12-16-7-4-10-25-21(16)27(23(19)30)14-15-5-2-1-3-6-15/h1-12H,14H2,(H,26,29). The number of nitriles is 1. The Kier molecular flexibility index (Phi) is 5.42. The van der Waals surface area contributed by atoms with E-state index < -0.39 is 16.4 Å². The first kappa shape index (κ1) is 20.4.